The number of hydrogen-bond acceptors (Lipinski definition) is 9. The molecular weight excluding hydrogens is 594 g/mol. The van der Waals surface area contributed by atoms with Gasteiger partial charge < -0.3 is 15.8 Å². The topological polar surface area (TPSA) is 167 Å². The van der Waals surface area contributed by atoms with Crippen LogP contribution < -0.4 is 20.5 Å². The summed E-state index contributed by atoms with van der Waals surface area (Å²) in [4.78, 5) is 29.0. The van der Waals surface area contributed by atoms with Crippen molar-refractivity contribution in [3.8, 4) is 11.6 Å². The van der Waals surface area contributed by atoms with Crippen LogP contribution in [0.15, 0.2) is 78.2 Å². The molecule has 3 heterocycles. The van der Waals surface area contributed by atoms with Crippen LogP contribution in [0, 0.1) is 18.6 Å². The van der Waals surface area contributed by atoms with Gasteiger partial charge in [-0.05, 0) is 67.1 Å². The van der Waals surface area contributed by atoms with E-state index in [9.17, 15) is 17.6 Å². The van der Waals surface area contributed by atoms with Crippen LogP contribution in [0.5, 0.6) is 5.75 Å². The van der Waals surface area contributed by atoms with E-state index >= 15 is 4.39 Å². The Morgan fingerprint density at radius 2 is 1.82 bits per heavy atom. The maximum absolute atomic E-state index is 15.7. The lowest BCUT2D eigenvalue weighted by atomic mass is 10.2. The van der Waals surface area contributed by atoms with E-state index in [4.69, 9.17) is 10.5 Å². The molecule has 0 aliphatic heterocycles. The number of nitrogens with one attached hydrogen (secondary N) is 2. The Hall–Kier alpha value is -5.70. The van der Waals surface area contributed by atoms with E-state index in [1.54, 1.807) is 41.8 Å². The highest BCUT2D eigenvalue weighted by atomic mass is 32.2. The number of aromatic nitrogens is 5. The number of carbonyl (C=O) groups excluding carboxylic acids is 1. The van der Waals surface area contributed by atoms with E-state index in [-0.39, 0.29) is 21.8 Å². The fourth-order valence-electron chi connectivity index (χ4n) is 4.69. The van der Waals surface area contributed by atoms with Crippen molar-refractivity contribution in [2.75, 3.05) is 17.1 Å². The van der Waals surface area contributed by atoms with Crippen LogP contribution in [0.25, 0.3) is 27.9 Å². The van der Waals surface area contributed by atoms with Crippen LogP contribution in [-0.2, 0) is 10.0 Å². The molecule has 3 aromatic heterocycles. The van der Waals surface area contributed by atoms with Crippen molar-refractivity contribution >= 4 is 55.2 Å². The van der Waals surface area contributed by atoms with Crippen molar-refractivity contribution in [1.29, 1.82) is 0 Å². The molecule has 0 spiro atoms. The number of rotatable bonds is 8. The van der Waals surface area contributed by atoms with Gasteiger partial charge in [0, 0.05) is 0 Å². The van der Waals surface area contributed by atoms with Crippen molar-refractivity contribution in [2.24, 2.45) is 5.73 Å². The summed E-state index contributed by atoms with van der Waals surface area (Å²) in [5.74, 6) is -2.11. The minimum Gasteiger partial charge on any atom is -0.497 e. The highest BCUT2D eigenvalue weighted by Crippen LogP contribution is 2.32. The minimum atomic E-state index is -4.26. The number of carbonyl (C=O) groups is 1. The number of amides is 1. The van der Waals surface area contributed by atoms with Gasteiger partial charge in [-0.2, -0.15) is 0 Å². The highest BCUT2D eigenvalue weighted by molar-refractivity contribution is 7.92. The minimum absolute atomic E-state index is 0.0529. The average molecular weight is 617 g/mol. The number of sulfonamides is 1. The van der Waals surface area contributed by atoms with Gasteiger partial charge >= 0.3 is 0 Å². The summed E-state index contributed by atoms with van der Waals surface area (Å²) in [5, 5.41) is 2.61. The number of methoxy groups -OCH3 is 1. The molecule has 0 aliphatic carbocycles. The number of hydrogen-bond donors (Lipinski definition) is 3. The van der Waals surface area contributed by atoms with Crippen molar-refractivity contribution in [1.82, 2.24) is 24.5 Å². The molecule has 6 aromatic rings. The molecule has 0 saturated carbocycles. The summed E-state index contributed by atoms with van der Waals surface area (Å²) >= 11 is 0. The molecule has 6 rings (SSSR count). The highest BCUT2D eigenvalue weighted by Gasteiger charge is 2.23. The predicted molar refractivity (Wildman–Crippen MR) is 159 cm³/mol. The molecule has 0 atom stereocenters. The van der Waals surface area contributed by atoms with Crippen molar-refractivity contribution in [2.45, 2.75) is 11.8 Å². The molecule has 3 aromatic carbocycles. The maximum Gasteiger partial charge on any atom is 0.262 e. The number of para-hydroxylation sites is 1. The van der Waals surface area contributed by atoms with E-state index in [0.29, 0.717) is 33.7 Å². The summed E-state index contributed by atoms with van der Waals surface area (Å²) in [6.07, 6.45) is 2.65. The number of anilines is 3. The Morgan fingerprint density at radius 1 is 1.00 bits per heavy atom. The Morgan fingerprint density at radius 3 is 2.57 bits per heavy atom. The van der Waals surface area contributed by atoms with Gasteiger partial charge in [-0.1, -0.05) is 6.07 Å². The van der Waals surface area contributed by atoms with Gasteiger partial charge in [-0.3, -0.25) is 14.1 Å². The first-order chi connectivity index (χ1) is 21.1. The van der Waals surface area contributed by atoms with Gasteiger partial charge in [0.2, 0.25) is 0 Å². The Balaban J connectivity index is 1.38. The number of imidazole rings is 1. The van der Waals surface area contributed by atoms with Crippen LogP contribution in [0.2, 0.25) is 0 Å². The zero-order chi connectivity index (χ0) is 31.2. The number of pyridine rings is 1. The first kappa shape index (κ1) is 28.4. The molecular formula is C29H22F2N8O4S. The lowest BCUT2D eigenvalue weighted by molar-refractivity contribution is 0.100. The molecule has 222 valence electrons. The molecule has 0 bridgehead atoms. The molecule has 4 N–H and O–H groups in total. The van der Waals surface area contributed by atoms with Crippen LogP contribution in [0.3, 0.4) is 0 Å². The second kappa shape index (κ2) is 10.9. The van der Waals surface area contributed by atoms with Crippen LogP contribution >= 0.6 is 0 Å². The van der Waals surface area contributed by atoms with Gasteiger partial charge in [0.1, 0.15) is 46.8 Å². The van der Waals surface area contributed by atoms with E-state index in [1.165, 1.54) is 38.0 Å². The standard InChI is InChI=1S/C29H22F2N8O4S/c1-15-12-16(43-2)6-10-22(15)44(41,42)38-19-8-7-18(30)26(24(19)31)37-29-27-20(33-13-34-29)9-11-23(36-27)39-14-35-25-17(28(32)40)4-3-5-21(25)39/h3-14,38H,1-2H3,(H2,32,40)(H,33,34,37). The molecule has 44 heavy (non-hydrogen) atoms. The smallest absolute Gasteiger partial charge is 0.262 e. The van der Waals surface area contributed by atoms with Gasteiger partial charge in [0.25, 0.3) is 15.9 Å². The number of halogens is 2. The lowest BCUT2D eigenvalue weighted by Crippen LogP contribution is -2.16. The van der Waals surface area contributed by atoms with E-state index in [2.05, 4.69) is 30.0 Å². The lowest BCUT2D eigenvalue weighted by Gasteiger charge is -2.15. The first-order valence-corrected chi connectivity index (χ1v) is 14.4. The van der Waals surface area contributed by atoms with Crippen LogP contribution in [0.4, 0.5) is 26.0 Å². The molecule has 0 saturated heterocycles. The third-order valence-corrected chi connectivity index (χ3v) is 8.33. The van der Waals surface area contributed by atoms with Crippen LogP contribution in [0.1, 0.15) is 15.9 Å². The third-order valence-electron chi connectivity index (χ3n) is 6.81. The third kappa shape index (κ3) is 4.98. The van der Waals surface area contributed by atoms with Crippen molar-refractivity contribution in [3.05, 3.63) is 96.1 Å². The largest absolute Gasteiger partial charge is 0.497 e. The van der Waals surface area contributed by atoms with Gasteiger partial charge in [0.05, 0.1) is 34.3 Å². The second-order valence-electron chi connectivity index (χ2n) is 9.56. The molecule has 12 nitrogen and oxygen atoms in total. The second-order valence-corrected chi connectivity index (χ2v) is 11.2. The number of primary amides is 1. The molecule has 1 amide bonds. The summed E-state index contributed by atoms with van der Waals surface area (Å²) in [6, 6.07) is 14.4. The number of benzene rings is 3. The molecule has 0 radical (unpaired) electrons. The van der Waals surface area contributed by atoms with E-state index < -0.39 is 38.9 Å². The number of fused-ring (bicyclic) bond motifs is 2. The fraction of sp³-hybridized carbons (Fsp3) is 0.0690. The molecule has 15 heteroatoms. The quantitative estimate of drug-likeness (QED) is 0.221. The van der Waals surface area contributed by atoms with Crippen LogP contribution in [-0.4, -0.2) is 45.9 Å². The number of ether oxygens (including phenoxy) is 1. The predicted octanol–water partition coefficient (Wildman–Crippen LogP) is 4.60. The normalized spacial score (nSPS) is 11.5. The SMILES string of the molecule is COc1ccc(S(=O)(=O)Nc2ccc(F)c(Nc3ncnc4ccc(-n5cnc6c(C(N)=O)cccc65)nc34)c2F)c(C)c1. The zero-order valence-corrected chi connectivity index (χ0v) is 23.9. The number of nitrogens with two attached hydrogens (primary N) is 1. The Kier molecular flexibility index (Phi) is 7.01. The molecule has 0 unspecified atom stereocenters. The summed E-state index contributed by atoms with van der Waals surface area (Å²) < 4.78 is 65.8. The summed E-state index contributed by atoms with van der Waals surface area (Å²) in [5.41, 5.74) is 6.33. The van der Waals surface area contributed by atoms with Crippen molar-refractivity contribution < 1.29 is 26.7 Å². The van der Waals surface area contributed by atoms with E-state index in [0.717, 1.165) is 12.1 Å². The van der Waals surface area contributed by atoms with Gasteiger partial charge in [0.15, 0.2) is 11.6 Å². The summed E-state index contributed by atoms with van der Waals surface area (Å²) in [7, 11) is -2.81. The van der Waals surface area contributed by atoms with Gasteiger partial charge in [-0.15, -0.1) is 0 Å². The maximum atomic E-state index is 15.7. The molecule has 0 fully saturated rings. The van der Waals surface area contributed by atoms with E-state index in [1.807, 2.05) is 0 Å². The number of aryl methyl sites for hydroxylation is 1. The summed E-state index contributed by atoms with van der Waals surface area (Å²) in [6.45, 7) is 1.57. The first-order valence-electron chi connectivity index (χ1n) is 12.9. The fourth-order valence-corrected chi connectivity index (χ4v) is 5.98. The molecule has 0 aliphatic rings. The Labute approximate surface area is 248 Å². The monoisotopic (exact) mass is 616 g/mol. The Bertz CT molecular complexity index is 2220. The van der Waals surface area contributed by atoms with Gasteiger partial charge in [-0.25, -0.2) is 37.1 Å². The zero-order valence-electron chi connectivity index (χ0n) is 23.0. The van der Waals surface area contributed by atoms with Crippen molar-refractivity contribution in [3.63, 3.8) is 0 Å². The number of nitrogens with zero attached hydrogens (tertiary/aromatic N) is 5. The average Bonchev–Trinajstić information content (AvgIpc) is 3.44.